The molecule has 2 atom stereocenters. The molecule has 2 rings (SSSR count). The lowest BCUT2D eigenvalue weighted by atomic mass is 9.95. The molecular formula is C16H24N4O4. The Bertz CT molecular complexity index is 614. The average molecular weight is 336 g/mol. The second kappa shape index (κ2) is 7.02. The monoisotopic (exact) mass is 336 g/mol. The molecule has 1 unspecified atom stereocenters. The lowest BCUT2D eigenvalue weighted by Gasteiger charge is -2.38. The largest absolute Gasteiger partial charge is 0.444 e. The van der Waals surface area contributed by atoms with Gasteiger partial charge in [0.25, 0.3) is 0 Å². The van der Waals surface area contributed by atoms with Crippen LogP contribution in [0, 0.1) is 16.0 Å². The van der Waals surface area contributed by atoms with Gasteiger partial charge in [-0.05, 0) is 39.2 Å². The van der Waals surface area contributed by atoms with Crippen molar-refractivity contribution in [3.63, 3.8) is 0 Å². The molecule has 8 nitrogen and oxygen atoms in total. The Hall–Kier alpha value is -2.38. The summed E-state index contributed by atoms with van der Waals surface area (Å²) in [6.07, 6.45) is 3.13. The van der Waals surface area contributed by atoms with E-state index >= 15 is 0 Å². The fourth-order valence-electron chi connectivity index (χ4n) is 2.91. The number of hydrogen-bond acceptors (Lipinski definition) is 6. The molecule has 1 N–H and O–H groups in total. The van der Waals surface area contributed by atoms with E-state index in [0.717, 1.165) is 6.42 Å². The van der Waals surface area contributed by atoms with E-state index in [1.807, 2.05) is 25.7 Å². The van der Waals surface area contributed by atoms with E-state index in [4.69, 9.17) is 4.74 Å². The van der Waals surface area contributed by atoms with Gasteiger partial charge in [0.2, 0.25) is 0 Å². The number of carbonyl (C=O) groups is 1. The first kappa shape index (κ1) is 18.0. The van der Waals surface area contributed by atoms with Crippen molar-refractivity contribution in [3.8, 4) is 0 Å². The average Bonchev–Trinajstić information content (AvgIpc) is 2.44. The van der Waals surface area contributed by atoms with Gasteiger partial charge in [-0.25, -0.2) is 4.79 Å². The molecule has 1 fully saturated rings. The second-order valence-corrected chi connectivity index (χ2v) is 7.21. The fourth-order valence-corrected chi connectivity index (χ4v) is 2.91. The van der Waals surface area contributed by atoms with Crippen molar-refractivity contribution in [1.82, 2.24) is 10.3 Å². The van der Waals surface area contributed by atoms with Crippen molar-refractivity contribution < 1.29 is 14.5 Å². The predicted molar refractivity (Wildman–Crippen MR) is 90.0 cm³/mol. The highest BCUT2D eigenvalue weighted by molar-refractivity contribution is 5.68. The van der Waals surface area contributed by atoms with Gasteiger partial charge in [-0.15, -0.1) is 0 Å². The Morgan fingerprint density at radius 3 is 2.79 bits per heavy atom. The van der Waals surface area contributed by atoms with Crippen molar-refractivity contribution in [3.05, 3.63) is 28.6 Å². The van der Waals surface area contributed by atoms with E-state index in [0.29, 0.717) is 18.8 Å². The summed E-state index contributed by atoms with van der Waals surface area (Å²) in [5.74, 6) is 0.284. The number of alkyl carbamates (subject to hydrolysis) is 1. The van der Waals surface area contributed by atoms with E-state index in [1.165, 1.54) is 12.4 Å². The Morgan fingerprint density at radius 1 is 1.46 bits per heavy atom. The highest BCUT2D eigenvalue weighted by atomic mass is 16.6. The van der Waals surface area contributed by atoms with Gasteiger partial charge in [-0.2, -0.15) is 0 Å². The van der Waals surface area contributed by atoms with Crippen LogP contribution in [-0.4, -0.2) is 40.7 Å². The molecular weight excluding hydrogens is 312 g/mol. The van der Waals surface area contributed by atoms with Crippen molar-refractivity contribution in [2.45, 2.75) is 45.8 Å². The number of hydrogen-bond donors (Lipinski definition) is 1. The van der Waals surface area contributed by atoms with Crippen LogP contribution in [0.3, 0.4) is 0 Å². The Balaban J connectivity index is 2.11. The third kappa shape index (κ3) is 4.81. The maximum atomic E-state index is 12.0. The number of nitro groups is 1. The van der Waals surface area contributed by atoms with E-state index in [9.17, 15) is 14.9 Å². The number of ether oxygens (including phenoxy) is 1. The minimum atomic E-state index is -0.562. The molecule has 1 aliphatic heterocycles. The fraction of sp³-hybridized carbons (Fsp3) is 0.625. The second-order valence-electron chi connectivity index (χ2n) is 7.21. The van der Waals surface area contributed by atoms with Gasteiger partial charge < -0.3 is 15.0 Å². The Labute approximate surface area is 141 Å². The summed E-state index contributed by atoms with van der Waals surface area (Å²) < 4.78 is 5.29. The zero-order valence-electron chi connectivity index (χ0n) is 14.5. The molecule has 8 heteroatoms. The van der Waals surface area contributed by atoms with Crippen LogP contribution in [-0.2, 0) is 4.74 Å². The molecule has 0 aliphatic carbocycles. The summed E-state index contributed by atoms with van der Waals surface area (Å²) in [5, 5.41) is 14.1. The smallest absolute Gasteiger partial charge is 0.407 e. The number of amides is 1. The number of aromatic nitrogens is 1. The van der Waals surface area contributed by atoms with Crippen molar-refractivity contribution in [1.29, 1.82) is 0 Å². The predicted octanol–water partition coefficient (Wildman–Crippen LogP) is 2.73. The zero-order valence-corrected chi connectivity index (χ0v) is 14.5. The SMILES string of the molecule is C[C@@H]1CC(NC(=O)OC(C)(C)C)CN(c2ccncc2[N+](=O)[O-])C1. The first-order valence-corrected chi connectivity index (χ1v) is 7.98. The maximum Gasteiger partial charge on any atom is 0.407 e. The van der Waals surface area contributed by atoms with Crippen molar-refractivity contribution in [2.75, 3.05) is 18.0 Å². The number of pyridine rings is 1. The maximum absolute atomic E-state index is 12.0. The quantitative estimate of drug-likeness (QED) is 0.673. The zero-order chi connectivity index (χ0) is 17.9. The molecule has 1 aliphatic rings. The van der Waals surface area contributed by atoms with E-state index in [-0.39, 0.29) is 17.6 Å². The number of nitrogens with one attached hydrogen (secondary N) is 1. The van der Waals surface area contributed by atoms with Crippen LogP contribution in [0.5, 0.6) is 0 Å². The third-order valence-corrected chi connectivity index (χ3v) is 3.70. The molecule has 24 heavy (non-hydrogen) atoms. The lowest BCUT2D eigenvalue weighted by Crippen LogP contribution is -2.51. The van der Waals surface area contributed by atoms with Crippen LogP contribution < -0.4 is 10.2 Å². The van der Waals surface area contributed by atoms with E-state index < -0.39 is 16.6 Å². The molecule has 0 spiro atoms. The van der Waals surface area contributed by atoms with Gasteiger partial charge in [-0.1, -0.05) is 6.92 Å². The highest BCUT2D eigenvalue weighted by Crippen LogP contribution is 2.30. The number of rotatable bonds is 3. The molecule has 2 heterocycles. The van der Waals surface area contributed by atoms with Crippen molar-refractivity contribution in [2.24, 2.45) is 5.92 Å². The molecule has 0 bridgehead atoms. The standard InChI is InChI=1S/C16H24N4O4/c1-11-7-12(18-15(21)24-16(2,3)4)10-19(9-11)13-5-6-17-8-14(13)20(22)23/h5-6,8,11-12H,7,9-10H2,1-4H3,(H,18,21)/t11-,12?/m1/s1. The minimum Gasteiger partial charge on any atom is -0.444 e. The summed E-state index contributed by atoms with van der Waals surface area (Å²) in [6.45, 7) is 8.67. The normalized spacial score (nSPS) is 21.2. The van der Waals surface area contributed by atoms with Gasteiger partial charge >= 0.3 is 11.8 Å². The van der Waals surface area contributed by atoms with Gasteiger partial charge in [-0.3, -0.25) is 15.1 Å². The molecule has 0 saturated carbocycles. The van der Waals surface area contributed by atoms with Crippen LogP contribution in [0.1, 0.15) is 34.1 Å². The number of carbonyl (C=O) groups excluding carboxylic acids is 1. The van der Waals surface area contributed by atoms with E-state index in [1.54, 1.807) is 6.07 Å². The Morgan fingerprint density at radius 2 is 2.17 bits per heavy atom. The van der Waals surface area contributed by atoms with Crippen molar-refractivity contribution >= 4 is 17.5 Å². The molecule has 1 amide bonds. The molecule has 1 aromatic rings. The first-order valence-electron chi connectivity index (χ1n) is 7.98. The number of nitrogens with zero attached hydrogens (tertiary/aromatic N) is 3. The molecule has 1 aromatic heterocycles. The Kier molecular flexibility index (Phi) is 5.26. The van der Waals surface area contributed by atoms with Crippen LogP contribution in [0.4, 0.5) is 16.2 Å². The molecule has 1 saturated heterocycles. The van der Waals surface area contributed by atoms with Crippen LogP contribution in [0.25, 0.3) is 0 Å². The minimum absolute atomic E-state index is 0.0254. The van der Waals surface area contributed by atoms with Gasteiger partial charge in [0.05, 0.1) is 4.92 Å². The molecule has 132 valence electrons. The first-order chi connectivity index (χ1) is 11.2. The number of piperidine rings is 1. The number of anilines is 1. The van der Waals surface area contributed by atoms with Gasteiger partial charge in [0.1, 0.15) is 17.5 Å². The topological polar surface area (TPSA) is 97.6 Å². The van der Waals surface area contributed by atoms with E-state index in [2.05, 4.69) is 17.2 Å². The van der Waals surface area contributed by atoms with Crippen LogP contribution in [0.15, 0.2) is 18.5 Å². The summed E-state index contributed by atoms with van der Waals surface area (Å²) in [4.78, 5) is 28.5. The van der Waals surface area contributed by atoms with Crippen LogP contribution in [0.2, 0.25) is 0 Å². The lowest BCUT2D eigenvalue weighted by molar-refractivity contribution is -0.384. The highest BCUT2D eigenvalue weighted by Gasteiger charge is 2.30. The van der Waals surface area contributed by atoms with Crippen LogP contribution >= 0.6 is 0 Å². The molecule has 0 radical (unpaired) electrons. The van der Waals surface area contributed by atoms with Gasteiger partial charge in [0.15, 0.2) is 0 Å². The molecule has 0 aromatic carbocycles. The summed E-state index contributed by atoms with van der Waals surface area (Å²) >= 11 is 0. The summed E-state index contributed by atoms with van der Waals surface area (Å²) in [7, 11) is 0. The van der Waals surface area contributed by atoms with Gasteiger partial charge in [0, 0.05) is 25.3 Å². The summed E-state index contributed by atoms with van der Waals surface area (Å²) in [5.41, 5.74) is -0.0614. The summed E-state index contributed by atoms with van der Waals surface area (Å²) in [6, 6.07) is 1.51. The third-order valence-electron chi connectivity index (χ3n) is 3.70.